The topological polar surface area (TPSA) is 21.3 Å². The molecule has 1 heterocycles. The Kier molecular flexibility index (Phi) is 5.21. The van der Waals surface area contributed by atoms with Crippen molar-refractivity contribution in [2.75, 3.05) is 13.2 Å². The van der Waals surface area contributed by atoms with Crippen LogP contribution in [-0.4, -0.2) is 25.3 Å². The van der Waals surface area contributed by atoms with Gasteiger partial charge in [-0.15, -0.1) is 0 Å². The maximum absolute atomic E-state index is 5.84. The molecule has 100 valence electrons. The monoisotopic (exact) mass is 247 g/mol. The van der Waals surface area contributed by atoms with Gasteiger partial charge in [-0.3, -0.25) is 0 Å². The molecule has 18 heavy (non-hydrogen) atoms. The SMILES string of the molecule is CCNC(Cc1ccccc1)C1CCOC1CC. The molecule has 2 nitrogen and oxygen atoms in total. The van der Waals surface area contributed by atoms with Gasteiger partial charge in [0.1, 0.15) is 0 Å². The van der Waals surface area contributed by atoms with Gasteiger partial charge in [0.15, 0.2) is 0 Å². The van der Waals surface area contributed by atoms with Crippen LogP contribution >= 0.6 is 0 Å². The molecule has 3 unspecified atom stereocenters. The third-order valence-corrected chi connectivity index (χ3v) is 3.94. The highest BCUT2D eigenvalue weighted by atomic mass is 16.5. The smallest absolute Gasteiger partial charge is 0.0616 e. The molecule has 1 aromatic rings. The number of likely N-dealkylation sites (N-methyl/N-ethyl adjacent to an activating group) is 1. The van der Waals surface area contributed by atoms with E-state index in [0.717, 1.165) is 26.0 Å². The van der Waals surface area contributed by atoms with E-state index in [9.17, 15) is 0 Å². The fourth-order valence-corrected chi connectivity index (χ4v) is 3.05. The van der Waals surface area contributed by atoms with Gasteiger partial charge in [-0.2, -0.15) is 0 Å². The van der Waals surface area contributed by atoms with E-state index in [4.69, 9.17) is 4.74 Å². The molecule has 1 N–H and O–H groups in total. The van der Waals surface area contributed by atoms with Gasteiger partial charge in [-0.25, -0.2) is 0 Å². The first-order valence-electron chi connectivity index (χ1n) is 7.24. The van der Waals surface area contributed by atoms with Crippen molar-refractivity contribution < 1.29 is 4.74 Å². The van der Waals surface area contributed by atoms with E-state index in [1.807, 2.05) is 0 Å². The standard InChI is InChI=1S/C16H25NO/c1-3-16-14(10-11-18-16)15(17-4-2)12-13-8-6-5-7-9-13/h5-9,14-17H,3-4,10-12H2,1-2H3. The lowest BCUT2D eigenvalue weighted by molar-refractivity contribution is 0.0776. The molecule has 0 bridgehead atoms. The third-order valence-electron chi connectivity index (χ3n) is 3.94. The van der Waals surface area contributed by atoms with E-state index in [0.29, 0.717) is 18.1 Å². The summed E-state index contributed by atoms with van der Waals surface area (Å²) in [4.78, 5) is 0. The van der Waals surface area contributed by atoms with Gasteiger partial charge in [0.05, 0.1) is 6.10 Å². The normalized spacial score (nSPS) is 25.2. The van der Waals surface area contributed by atoms with E-state index in [1.54, 1.807) is 0 Å². The Morgan fingerprint density at radius 2 is 2.06 bits per heavy atom. The second-order valence-corrected chi connectivity index (χ2v) is 5.12. The average molecular weight is 247 g/mol. The Morgan fingerprint density at radius 3 is 2.72 bits per heavy atom. The molecule has 0 amide bonds. The largest absolute Gasteiger partial charge is 0.378 e. The first-order chi connectivity index (χ1) is 8.85. The minimum absolute atomic E-state index is 0.442. The summed E-state index contributed by atoms with van der Waals surface area (Å²) < 4.78 is 5.84. The second-order valence-electron chi connectivity index (χ2n) is 5.12. The average Bonchev–Trinajstić information content (AvgIpc) is 2.87. The fourth-order valence-electron chi connectivity index (χ4n) is 3.05. The highest BCUT2D eigenvalue weighted by Crippen LogP contribution is 2.28. The summed E-state index contributed by atoms with van der Waals surface area (Å²) in [7, 11) is 0. The Labute approximate surface area is 111 Å². The molecule has 0 spiro atoms. The minimum Gasteiger partial charge on any atom is -0.378 e. The number of rotatable bonds is 6. The number of benzene rings is 1. The van der Waals surface area contributed by atoms with Crippen molar-refractivity contribution >= 4 is 0 Å². The van der Waals surface area contributed by atoms with Crippen LogP contribution < -0.4 is 5.32 Å². The first kappa shape index (κ1) is 13.6. The van der Waals surface area contributed by atoms with Gasteiger partial charge in [0.25, 0.3) is 0 Å². The Hall–Kier alpha value is -0.860. The zero-order valence-electron chi connectivity index (χ0n) is 11.6. The van der Waals surface area contributed by atoms with Crippen LogP contribution in [0.1, 0.15) is 32.3 Å². The van der Waals surface area contributed by atoms with Crippen molar-refractivity contribution in [3.63, 3.8) is 0 Å². The second kappa shape index (κ2) is 6.91. The van der Waals surface area contributed by atoms with Gasteiger partial charge in [0, 0.05) is 18.6 Å². The van der Waals surface area contributed by atoms with Gasteiger partial charge in [-0.1, -0.05) is 44.2 Å². The zero-order valence-corrected chi connectivity index (χ0v) is 11.6. The Morgan fingerprint density at radius 1 is 1.28 bits per heavy atom. The first-order valence-corrected chi connectivity index (χ1v) is 7.24. The summed E-state index contributed by atoms with van der Waals surface area (Å²) >= 11 is 0. The molecular formula is C16H25NO. The van der Waals surface area contributed by atoms with E-state index in [-0.39, 0.29) is 0 Å². The molecule has 1 saturated heterocycles. The Balaban J connectivity index is 2.03. The molecule has 1 aromatic carbocycles. The number of nitrogens with one attached hydrogen (secondary N) is 1. The van der Waals surface area contributed by atoms with Gasteiger partial charge >= 0.3 is 0 Å². The van der Waals surface area contributed by atoms with Crippen LogP contribution in [0, 0.1) is 5.92 Å². The van der Waals surface area contributed by atoms with Crippen LogP contribution in [0.4, 0.5) is 0 Å². The van der Waals surface area contributed by atoms with Crippen molar-refractivity contribution in [1.82, 2.24) is 5.32 Å². The van der Waals surface area contributed by atoms with Crippen molar-refractivity contribution in [2.45, 2.75) is 45.3 Å². The zero-order chi connectivity index (χ0) is 12.8. The summed E-state index contributed by atoms with van der Waals surface area (Å²) in [6.07, 6.45) is 3.88. The lowest BCUT2D eigenvalue weighted by Crippen LogP contribution is -2.41. The van der Waals surface area contributed by atoms with E-state index >= 15 is 0 Å². The maximum Gasteiger partial charge on any atom is 0.0616 e. The van der Waals surface area contributed by atoms with Gasteiger partial charge < -0.3 is 10.1 Å². The summed E-state index contributed by atoms with van der Waals surface area (Å²) in [5.41, 5.74) is 1.42. The number of hydrogen-bond donors (Lipinski definition) is 1. The van der Waals surface area contributed by atoms with E-state index < -0.39 is 0 Å². The van der Waals surface area contributed by atoms with Crippen LogP contribution in [0.2, 0.25) is 0 Å². The van der Waals surface area contributed by atoms with Crippen LogP contribution in [0.5, 0.6) is 0 Å². The number of hydrogen-bond acceptors (Lipinski definition) is 2. The summed E-state index contributed by atoms with van der Waals surface area (Å²) in [6, 6.07) is 11.3. The predicted molar refractivity (Wildman–Crippen MR) is 75.7 cm³/mol. The summed E-state index contributed by atoms with van der Waals surface area (Å²) in [5.74, 6) is 0.662. The predicted octanol–water partition coefficient (Wildman–Crippen LogP) is 3.02. The van der Waals surface area contributed by atoms with Crippen LogP contribution in [-0.2, 0) is 11.2 Å². The molecule has 1 aliphatic rings. The van der Waals surface area contributed by atoms with Crippen LogP contribution in [0.15, 0.2) is 30.3 Å². The highest BCUT2D eigenvalue weighted by Gasteiger charge is 2.33. The third kappa shape index (κ3) is 3.33. The molecule has 0 saturated carbocycles. The molecule has 0 aromatic heterocycles. The maximum atomic E-state index is 5.84. The fraction of sp³-hybridized carbons (Fsp3) is 0.625. The minimum atomic E-state index is 0.442. The lowest BCUT2D eigenvalue weighted by Gasteiger charge is -2.28. The Bertz CT molecular complexity index is 338. The van der Waals surface area contributed by atoms with Crippen molar-refractivity contribution in [3.05, 3.63) is 35.9 Å². The lowest BCUT2D eigenvalue weighted by atomic mass is 9.87. The molecule has 0 radical (unpaired) electrons. The van der Waals surface area contributed by atoms with Crippen molar-refractivity contribution in [1.29, 1.82) is 0 Å². The van der Waals surface area contributed by atoms with E-state index in [1.165, 1.54) is 12.0 Å². The molecule has 3 atom stereocenters. The molecule has 2 heteroatoms. The van der Waals surface area contributed by atoms with Crippen LogP contribution in [0.25, 0.3) is 0 Å². The molecule has 2 rings (SSSR count). The molecular weight excluding hydrogens is 222 g/mol. The van der Waals surface area contributed by atoms with Crippen molar-refractivity contribution in [2.24, 2.45) is 5.92 Å². The molecule has 1 aliphatic heterocycles. The van der Waals surface area contributed by atoms with E-state index in [2.05, 4.69) is 49.5 Å². The number of ether oxygens (including phenoxy) is 1. The van der Waals surface area contributed by atoms with Gasteiger partial charge in [0.2, 0.25) is 0 Å². The summed E-state index contributed by atoms with van der Waals surface area (Å²) in [5, 5.41) is 3.66. The molecule has 0 aliphatic carbocycles. The highest BCUT2D eigenvalue weighted by molar-refractivity contribution is 5.16. The van der Waals surface area contributed by atoms with Gasteiger partial charge in [-0.05, 0) is 31.4 Å². The molecule has 1 fully saturated rings. The van der Waals surface area contributed by atoms with Crippen molar-refractivity contribution in [3.8, 4) is 0 Å². The van der Waals surface area contributed by atoms with Crippen LogP contribution in [0.3, 0.4) is 0 Å². The quantitative estimate of drug-likeness (QED) is 0.834. The summed E-state index contributed by atoms with van der Waals surface area (Å²) in [6.45, 7) is 6.38.